The van der Waals surface area contributed by atoms with Gasteiger partial charge in [0.1, 0.15) is 0 Å². The predicted molar refractivity (Wildman–Crippen MR) is 68.5 cm³/mol. The van der Waals surface area contributed by atoms with Crippen LogP contribution in [0.5, 0.6) is 0 Å². The Labute approximate surface area is 108 Å². The molecule has 0 fully saturated rings. The summed E-state index contributed by atoms with van der Waals surface area (Å²) < 4.78 is 4.19. The van der Waals surface area contributed by atoms with Gasteiger partial charge in [-0.3, -0.25) is 0 Å². The fourth-order valence-electron chi connectivity index (χ4n) is 2.31. The second-order valence-corrected chi connectivity index (χ2v) is 4.77. The Hall–Kier alpha value is -1.75. The van der Waals surface area contributed by atoms with Crippen LogP contribution < -0.4 is 11.4 Å². The smallest absolute Gasteiger partial charge is 0.246 e. The van der Waals surface area contributed by atoms with Crippen LogP contribution in [0, 0.1) is 0 Å². The van der Waals surface area contributed by atoms with Crippen molar-refractivity contribution < 1.29 is 0 Å². The molecule has 0 saturated carbocycles. The molecule has 18 heavy (non-hydrogen) atoms. The van der Waals surface area contributed by atoms with Gasteiger partial charge in [-0.25, -0.2) is 23.5 Å². The van der Waals surface area contributed by atoms with Crippen molar-refractivity contribution in [3.8, 4) is 5.69 Å². The van der Waals surface area contributed by atoms with E-state index in [0.29, 0.717) is 23.8 Å². The van der Waals surface area contributed by atoms with Gasteiger partial charge in [0.2, 0.25) is 0 Å². The van der Waals surface area contributed by atoms with Crippen LogP contribution >= 0.6 is 11.6 Å². The van der Waals surface area contributed by atoms with Crippen molar-refractivity contribution in [2.75, 3.05) is 0 Å². The minimum absolute atomic E-state index is 0.290. The first-order chi connectivity index (χ1) is 8.68. The molecule has 0 spiro atoms. The van der Waals surface area contributed by atoms with Gasteiger partial charge in [0.05, 0.1) is 5.69 Å². The zero-order valence-corrected chi connectivity index (χ0v) is 10.4. The highest BCUT2D eigenvalue weighted by Gasteiger charge is 2.19. The minimum Gasteiger partial charge on any atom is -0.246 e. The quantitative estimate of drug-likeness (QED) is 0.779. The molecule has 94 valence electrons. The second kappa shape index (κ2) is 4.17. The van der Waals surface area contributed by atoms with E-state index < -0.39 is 0 Å². The highest BCUT2D eigenvalue weighted by Crippen LogP contribution is 2.12. The Morgan fingerprint density at radius 3 is 2.17 bits per heavy atom. The molecule has 0 aliphatic carbocycles. The van der Waals surface area contributed by atoms with Gasteiger partial charge in [-0.2, -0.15) is 0 Å². The van der Waals surface area contributed by atoms with E-state index in [-0.39, 0.29) is 11.4 Å². The van der Waals surface area contributed by atoms with E-state index in [2.05, 4.69) is 0 Å². The van der Waals surface area contributed by atoms with Crippen LogP contribution in [0.1, 0.15) is 12.8 Å². The van der Waals surface area contributed by atoms with Gasteiger partial charge in [-0.15, -0.1) is 0 Å². The average Bonchev–Trinajstić information content (AvgIpc) is 2.63. The van der Waals surface area contributed by atoms with Crippen molar-refractivity contribution >= 4 is 11.6 Å². The van der Waals surface area contributed by atoms with Crippen molar-refractivity contribution in [2.24, 2.45) is 0 Å². The van der Waals surface area contributed by atoms with E-state index >= 15 is 0 Å². The van der Waals surface area contributed by atoms with Gasteiger partial charge >= 0.3 is 11.4 Å². The van der Waals surface area contributed by atoms with E-state index in [1.807, 2.05) is 0 Å². The first-order valence-corrected chi connectivity index (χ1v) is 6.25. The van der Waals surface area contributed by atoms with Crippen molar-refractivity contribution in [2.45, 2.75) is 25.9 Å². The fourth-order valence-corrected chi connectivity index (χ4v) is 2.50. The molecule has 0 unspecified atom stereocenters. The number of hydrogen-bond donors (Lipinski definition) is 0. The molecule has 2 heterocycles. The molecule has 5 nitrogen and oxygen atoms in total. The molecule has 1 aromatic carbocycles. The van der Waals surface area contributed by atoms with Crippen LogP contribution in [-0.2, 0) is 13.1 Å². The standard InChI is InChI=1S/C12H12ClN3O2/c13-9-4-3-5-10(8-9)16-11(17)14-6-1-2-7-15(14)12(16)18/h3-5,8H,1-2,6-7H2. The summed E-state index contributed by atoms with van der Waals surface area (Å²) in [5, 5.41) is 0.507. The first-order valence-electron chi connectivity index (χ1n) is 5.87. The zero-order chi connectivity index (χ0) is 12.7. The molecular weight excluding hydrogens is 254 g/mol. The number of benzene rings is 1. The monoisotopic (exact) mass is 265 g/mol. The van der Waals surface area contributed by atoms with Crippen LogP contribution in [0.4, 0.5) is 0 Å². The fraction of sp³-hybridized carbons (Fsp3) is 0.333. The summed E-state index contributed by atoms with van der Waals surface area (Å²) in [4.78, 5) is 24.4. The number of hydrogen-bond acceptors (Lipinski definition) is 2. The molecule has 0 atom stereocenters. The van der Waals surface area contributed by atoms with Gasteiger partial charge < -0.3 is 0 Å². The summed E-state index contributed by atoms with van der Waals surface area (Å²) in [6.45, 7) is 1.20. The van der Waals surface area contributed by atoms with Crippen LogP contribution in [0.15, 0.2) is 33.9 Å². The molecule has 1 aromatic heterocycles. The number of aromatic nitrogens is 3. The van der Waals surface area contributed by atoms with Gasteiger partial charge in [-0.1, -0.05) is 17.7 Å². The van der Waals surface area contributed by atoms with E-state index in [1.165, 1.54) is 13.9 Å². The maximum atomic E-state index is 12.2. The van der Waals surface area contributed by atoms with E-state index in [0.717, 1.165) is 12.8 Å². The lowest BCUT2D eigenvalue weighted by molar-refractivity contribution is 0.348. The molecule has 0 radical (unpaired) electrons. The third-order valence-corrected chi connectivity index (χ3v) is 3.41. The van der Waals surface area contributed by atoms with Crippen LogP contribution in [-0.4, -0.2) is 13.9 Å². The highest BCUT2D eigenvalue weighted by atomic mass is 35.5. The average molecular weight is 266 g/mol. The van der Waals surface area contributed by atoms with Crippen molar-refractivity contribution in [3.63, 3.8) is 0 Å². The van der Waals surface area contributed by atoms with Crippen LogP contribution in [0.25, 0.3) is 5.69 Å². The summed E-state index contributed by atoms with van der Waals surface area (Å²) in [5.74, 6) is 0. The zero-order valence-electron chi connectivity index (χ0n) is 9.67. The lowest BCUT2D eigenvalue weighted by Crippen LogP contribution is -2.30. The highest BCUT2D eigenvalue weighted by molar-refractivity contribution is 6.30. The van der Waals surface area contributed by atoms with Crippen LogP contribution in [0.2, 0.25) is 5.02 Å². The molecule has 0 saturated heterocycles. The molecule has 0 N–H and O–H groups in total. The Kier molecular flexibility index (Phi) is 2.63. The van der Waals surface area contributed by atoms with Crippen molar-refractivity contribution in [3.05, 3.63) is 50.3 Å². The summed E-state index contributed by atoms with van der Waals surface area (Å²) >= 11 is 5.90. The van der Waals surface area contributed by atoms with Crippen molar-refractivity contribution in [1.82, 2.24) is 13.9 Å². The molecule has 1 aliphatic heterocycles. The number of rotatable bonds is 1. The first kappa shape index (κ1) is 11.3. The molecule has 0 bridgehead atoms. The van der Waals surface area contributed by atoms with Crippen LogP contribution in [0.3, 0.4) is 0 Å². The molecular formula is C12H12ClN3O2. The maximum Gasteiger partial charge on any atom is 0.351 e. The second-order valence-electron chi connectivity index (χ2n) is 4.33. The lowest BCUT2D eigenvalue weighted by atomic mass is 10.3. The Bertz CT molecular complexity index is 673. The summed E-state index contributed by atoms with van der Waals surface area (Å²) in [6, 6.07) is 6.77. The molecule has 2 aromatic rings. The summed E-state index contributed by atoms with van der Waals surface area (Å²) in [5.41, 5.74) is -0.0594. The van der Waals surface area contributed by atoms with Gasteiger partial charge in [-0.05, 0) is 31.0 Å². The molecule has 1 aliphatic rings. The summed E-state index contributed by atoms with van der Waals surface area (Å²) in [6.07, 6.45) is 1.86. The molecule has 6 heteroatoms. The van der Waals surface area contributed by atoms with Gasteiger partial charge in [0, 0.05) is 18.1 Å². The summed E-state index contributed by atoms with van der Waals surface area (Å²) in [7, 11) is 0. The molecule has 3 rings (SSSR count). The number of nitrogens with zero attached hydrogens (tertiary/aromatic N) is 3. The van der Waals surface area contributed by atoms with E-state index in [4.69, 9.17) is 11.6 Å². The van der Waals surface area contributed by atoms with E-state index in [1.54, 1.807) is 24.3 Å². The Balaban J connectivity index is 2.28. The van der Waals surface area contributed by atoms with Gasteiger partial charge in [0.25, 0.3) is 0 Å². The number of halogens is 1. The lowest BCUT2D eigenvalue weighted by Gasteiger charge is -2.13. The molecule has 0 amide bonds. The van der Waals surface area contributed by atoms with E-state index in [9.17, 15) is 9.59 Å². The minimum atomic E-state index is -0.290. The largest absolute Gasteiger partial charge is 0.351 e. The maximum absolute atomic E-state index is 12.2. The Morgan fingerprint density at radius 1 is 1.00 bits per heavy atom. The number of fused-ring (bicyclic) bond motifs is 1. The SMILES string of the molecule is O=c1n(-c2cccc(Cl)c2)c(=O)n2n1CCCC2. The van der Waals surface area contributed by atoms with Crippen molar-refractivity contribution in [1.29, 1.82) is 0 Å². The van der Waals surface area contributed by atoms with Gasteiger partial charge in [0.15, 0.2) is 0 Å². The Morgan fingerprint density at radius 2 is 1.61 bits per heavy atom. The normalized spacial score (nSPS) is 14.5. The third-order valence-electron chi connectivity index (χ3n) is 3.17. The predicted octanol–water partition coefficient (Wildman–Crippen LogP) is 1.25. The topological polar surface area (TPSA) is 48.9 Å². The third kappa shape index (κ3) is 1.62.